The summed E-state index contributed by atoms with van der Waals surface area (Å²) in [6.07, 6.45) is 2.00. The summed E-state index contributed by atoms with van der Waals surface area (Å²) in [6.45, 7) is 7.65. The summed E-state index contributed by atoms with van der Waals surface area (Å²) in [5.74, 6) is 0.161. The van der Waals surface area contributed by atoms with E-state index in [4.69, 9.17) is 5.73 Å². The molecule has 0 atom stereocenters. The first-order valence-corrected chi connectivity index (χ1v) is 6.94. The molecule has 112 valence electrons. The van der Waals surface area contributed by atoms with Gasteiger partial charge in [0.15, 0.2) is 0 Å². The molecule has 0 spiro atoms. The van der Waals surface area contributed by atoms with Crippen molar-refractivity contribution >= 4 is 17.5 Å². The van der Waals surface area contributed by atoms with E-state index in [1.165, 1.54) is 0 Å². The second-order valence-corrected chi connectivity index (χ2v) is 5.15. The number of aromatic nitrogens is 1. The number of nitrogens with one attached hydrogen (secondary N) is 2. The predicted molar refractivity (Wildman–Crippen MR) is 79.3 cm³/mol. The molecule has 0 unspecified atom stereocenters. The Labute approximate surface area is 119 Å². The van der Waals surface area contributed by atoms with Gasteiger partial charge in [-0.3, -0.25) is 9.59 Å². The Balaban J connectivity index is 2.38. The zero-order valence-corrected chi connectivity index (χ0v) is 12.4. The van der Waals surface area contributed by atoms with Crippen LogP contribution < -0.4 is 16.4 Å². The molecule has 1 aromatic heterocycles. The van der Waals surface area contributed by atoms with Crippen LogP contribution in [0, 0.1) is 5.92 Å². The lowest BCUT2D eigenvalue weighted by molar-refractivity contribution is -0.121. The van der Waals surface area contributed by atoms with Crippen molar-refractivity contribution in [1.29, 1.82) is 0 Å². The highest BCUT2D eigenvalue weighted by Gasteiger charge is 2.12. The lowest BCUT2D eigenvalue weighted by Gasteiger charge is -2.09. The Kier molecular flexibility index (Phi) is 6.09. The van der Waals surface area contributed by atoms with Gasteiger partial charge < -0.3 is 20.9 Å². The fourth-order valence-corrected chi connectivity index (χ4v) is 1.77. The number of amides is 2. The SMILES string of the molecule is CCn1cc(N)cc1C(=O)NCCC(=O)NCC(C)C. The smallest absolute Gasteiger partial charge is 0.267 e. The summed E-state index contributed by atoms with van der Waals surface area (Å²) in [7, 11) is 0. The number of carbonyl (C=O) groups is 2. The van der Waals surface area contributed by atoms with Gasteiger partial charge in [0.25, 0.3) is 5.91 Å². The summed E-state index contributed by atoms with van der Waals surface area (Å²) >= 11 is 0. The molecule has 0 aliphatic carbocycles. The van der Waals surface area contributed by atoms with Crippen molar-refractivity contribution in [3.63, 3.8) is 0 Å². The zero-order chi connectivity index (χ0) is 15.1. The number of hydrogen-bond acceptors (Lipinski definition) is 3. The third kappa shape index (κ3) is 4.95. The average Bonchev–Trinajstić information content (AvgIpc) is 2.77. The third-order valence-corrected chi connectivity index (χ3v) is 2.84. The maximum Gasteiger partial charge on any atom is 0.267 e. The van der Waals surface area contributed by atoms with E-state index >= 15 is 0 Å². The van der Waals surface area contributed by atoms with Crippen molar-refractivity contribution in [1.82, 2.24) is 15.2 Å². The van der Waals surface area contributed by atoms with Crippen LogP contribution in [-0.4, -0.2) is 29.5 Å². The minimum atomic E-state index is -0.208. The van der Waals surface area contributed by atoms with E-state index in [2.05, 4.69) is 10.6 Å². The first-order valence-electron chi connectivity index (χ1n) is 6.94. The summed E-state index contributed by atoms with van der Waals surface area (Å²) in [4.78, 5) is 23.5. The molecule has 0 aromatic carbocycles. The van der Waals surface area contributed by atoms with E-state index in [0.717, 1.165) is 0 Å². The predicted octanol–water partition coefficient (Wildman–Crippen LogP) is 0.982. The number of hydrogen-bond donors (Lipinski definition) is 3. The second kappa shape index (κ2) is 7.57. The highest BCUT2D eigenvalue weighted by molar-refractivity contribution is 5.94. The zero-order valence-electron chi connectivity index (χ0n) is 12.4. The summed E-state index contributed by atoms with van der Waals surface area (Å²) in [5, 5.41) is 5.54. The van der Waals surface area contributed by atoms with E-state index in [0.29, 0.717) is 36.9 Å². The maximum absolute atomic E-state index is 12.0. The van der Waals surface area contributed by atoms with Gasteiger partial charge in [-0.15, -0.1) is 0 Å². The van der Waals surface area contributed by atoms with Crippen molar-refractivity contribution in [2.45, 2.75) is 33.7 Å². The second-order valence-electron chi connectivity index (χ2n) is 5.15. The molecule has 0 saturated heterocycles. The first kappa shape index (κ1) is 16.1. The molecule has 0 aliphatic heterocycles. The summed E-state index contributed by atoms with van der Waals surface area (Å²) in [6, 6.07) is 1.64. The molecule has 2 amide bonds. The minimum Gasteiger partial charge on any atom is -0.397 e. The third-order valence-electron chi connectivity index (χ3n) is 2.84. The van der Waals surface area contributed by atoms with Crippen molar-refractivity contribution in [3.8, 4) is 0 Å². The minimum absolute atomic E-state index is 0.0515. The van der Waals surface area contributed by atoms with Gasteiger partial charge in [-0.2, -0.15) is 0 Å². The van der Waals surface area contributed by atoms with Gasteiger partial charge in [-0.25, -0.2) is 0 Å². The Morgan fingerprint density at radius 2 is 2.05 bits per heavy atom. The summed E-state index contributed by atoms with van der Waals surface area (Å²) in [5.41, 5.74) is 6.76. The molecule has 0 bridgehead atoms. The highest BCUT2D eigenvalue weighted by atomic mass is 16.2. The molecular weight excluding hydrogens is 256 g/mol. The number of nitrogens with zero attached hydrogens (tertiary/aromatic N) is 1. The number of nitrogen functional groups attached to an aromatic ring is 1. The van der Waals surface area contributed by atoms with Crippen LogP contribution in [0.4, 0.5) is 5.69 Å². The van der Waals surface area contributed by atoms with Crippen LogP contribution >= 0.6 is 0 Å². The van der Waals surface area contributed by atoms with Gasteiger partial charge >= 0.3 is 0 Å². The van der Waals surface area contributed by atoms with Crippen LogP contribution in [0.5, 0.6) is 0 Å². The number of anilines is 1. The molecule has 0 saturated carbocycles. The number of aryl methyl sites for hydroxylation is 1. The van der Waals surface area contributed by atoms with E-state index in [1.54, 1.807) is 16.8 Å². The molecule has 20 heavy (non-hydrogen) atoms. The molecular formula is C14H24N4O2. The molecule has 1 rings (SSSR count). The fraction of sp³-hybridized carbons (Fsp3) is 0.571. The van der Waals surface area contributed by atoms with Gasteiger partial charge in [0.05, 0.1) is 5.69 Å². The van der Waals surface area contributed by atoms with Gasteiger partial charge in [0.1, 0.15) is 5.69 Å². The summed E-state index contributed by atoms with van der Waals surface area (Å²) < 4.78 is 1.78. The topological polar surface area (TPSA) is 89.2 Å². The maximum atomic E-state index is 12.0. The van der Waals surface area contributed by atoms with Gasteiger partial charge in [-0.1, -0.05) is 13.8 Å². The molecule has 6 heteroatoms. The Morgan fingerprint density at radius 3 is 2.65 bits per heavy atom. The largest absolute Gasteiger partial charge is 0.397 e. The number of rotatable bonds is 7. The van der Waals surface area contributed by atoms with Crippen LogP contribution in [-0.2, 0) is 11.3 Å². The Morgan fingerprint density at radius 1 is 1.35 bits per heavy atom. The number of nitrogens with two attached hydrogens (primary N) is 1. The van der Waals surface area contributed by atoms with E-state index in [1.807, 2.05) is 20.8 Å². The molecule has 4 N–H and O–H groups in total. The monoisotopic (exact) mass is 280 g/mol. The molecule has 1 aromatic rings. The van der Waals surface area contributed by atoms with Crippen molar-refractivity contribution in [2.24, 2.45) is 5.92 Å². The quantitative estimate of drug-likeness (QED) is 0.695. The van der Waals surface area contributed by atoms with Crippen LogP contribution in [0.15, 0.2) is 12.3 Å². The van der Waals surface area contributed by atoms with Crippen LogP contribution in [0.25, 0.3) is 0 Å². The number of carbonyl (C=O) groups excluding carboxylic acids is 2. The van der Waals surface area contributed by atoms with E-state index in [9.17, 15) is 9.59 Å². The fourth-order valence-electron chi connectivity index (χ4n) is 1.77. The van der Waals surface area contributed by atoms with Gasteiger partial charge in [-0.05, 0) is 18.9 Å². The van der Waals surface area contributed by atoms with Crippen molar-refractivity contribution in [2.75, 3.05) is 18.8 Å². The highest BCUT2D eigenvalue weighted by Crippen LogP contribution is 2.10. The van der Waals surface area contributed by atoms with Crippen molar-refractivity contribution < 1.29 is 9.59 Å². The molecule has 0 radical (unpaired) electrons. The van der Waals surface area contributed by atoms with Crippen LogP contribution in [0.3, 0.4) is 0 Å². The Bertz CT molecular complexity index is 466. The van der Waals surface area contributed by atoms with Crippen LogP contribution in [0.2, 0.25) is 0 Å². The first-order chi connectivity index (χ1) is 9.43. The van der Waals surface area contributed by atoms with Crippen LogP contribution in [0.1, 0.15) is 37.7 Å². The molecule has 6 nitrogen and oxygen atoms in total. The standard InChI is InChI=1S/C14H24N4O2/c1-4-18-9-11(15)7-12(18)14(20)16-6-5-13(19)17-8-10(2)3/h7,9-10H,4-6,8,15H2,1-3H3,(H,16,20)(H,17,19). The molecule has 0 aliphatic rings. The van der Waals surface area contributed by atoms with Gasteiger partial charge in [0.2, 0.25) is 5.91 Å². The van der Waals surface area contributed by atoms with E-state index < -0.39 is 0 Å². The normalized spacial score (nSPS) is 10.6. The van der Waals surface area contributed by atoms with E-state index in [-0.39, 0.29) is 18.2 Å². The lowest BCUT2D eigenvalue weighted by Crippen LogP contribution is -2.33. The lowest BCUT2D eigenvalue weighted by atomic mass is 10.2. The van der Waals surface area contributed by atoms with Crippen molar-refractivity contribution in [3.05, 3.63) is 18.0 Å². The molecule has 0 fully saturated rings. The molecule has 1 heterocycles. The average molecular weight is 280 g/mol. The van der Waals surface area contributed by atoms with Gasteiger partial charge in [0, 0.05) is 32.3 Å². The Hall–Kier alpha value is -1.98.